The van der Waals surface area contributed by atoms with E-state index in [0.29, 0.717) is 5.92 Å². The molecule has 0 unspecified atom stereocenters. The number of hydrogen-bond acceptors (Lipinski definition) is 2. The van der Waals surface area contributed by atoms with Crippen molar-refractivity contribution in [3.05, 3.63) is 58.1 Å². The molecular weight excluding hydrogens is 300 g/mol. The molecule has 0 spiro atoms. The average Bonchev–Trinajstić information content (AvgIpc) is 2.51. The number of rotatable bonds is 6. The number of methoxy groups -OCH3 is 1. The van der Waals surface area contributed by atoms with Crippen LogP contribution in [0.1, 0.15) is 54.5 Å². The molecule has 0 saturated carbocycles. The van der Waals surface area contributed by atoms with Gasteiger partial charge in [-0.2, -0.15) is 0 Å². The SMILES string of the molecule is CCSc1cc(C)c(Cc2ccc(OC)c(C(C)C)c2)c(C)c1. The minimum atomic E-state index is 0.468. The van der Waals surface area contributed by atoms with Crippen LogP contribution in [0, 0.1) is 13.8 Å². The van der Waals surface area contributed by atoms with Crippen LogP contribution in [0.5, 0.6) is 5.75 Å². The summed E-state index contributed by atoms with van der Waals surface area (Å²) < 4.78 is 5.50. The number of benzene rings is 2. The van der Waals surface area contributed by atoms with Crippen LogP contribution in [0.3, 0.4) is 0 Å². The summed E-state index contributed by atoms with van der Waals surface area (Å²) in [4.78, 5) is 1.38. The van der Waals surface area contributed by atoms with Crippen LogP contribution in [0.4, 0.5) is 0 Å². The highest BCUT2D eigenvalue weighted by Gasteiger charge is 2.11. The van der Waals surface area contributed by atoms with Gasteiger partial charge in [-0.1, -0.05) is 32.9 Å². The largest absolute Gasteiger partial charge is 0.496 e. The molecule has 0 fully saturated rings. The molecule has 0 aliphatic heterocycles. The lowest BCUT2D eigenvalue weighted by atomic mass is 9.93. The third-order valence-electron chi connectivity index (χ3n) is 4.28. The quantitative estimate of drug-likeness (QED) is 0.589. The first-order chi connectivity index (χ1) is 11.0. The fourth-order valence-corrected chi connectivity index (χ4v) is 3.89. The molecule has 2 aromatic rings. The lowest BCUT2D eigenvalue weighted by Gasteiger charge is -2.16. The highest BCUT2D eigenvalue weighted by atomic mass is 32.2. The van der Waals surface area contributed by atoms with Crippen molar-refractivity contribution < 1.29 is 4.74 Å². The maximum atomic E-state index is 5.50. The molecule has 23 heavy (non-hydrogen) atoms. The van der Waals surface area contributed by atoms with E-state index >= 15 is 0 Å². The van der Waals surface area contributed by atoms with E-state index in [1.165, 1.54) is 32.7 Å². The summed E-state index contributed by atoms with van der Waals surface area (Å²) in [6.45, 7) is 11.1. The molecule has 0 amide bonds. The molecule has 0 aliphatic carbocycles. The van der Waals surface area contributed by atoms with Gasteiger partial charge in [0.15, 0.2) is 0 Å². The molecule has 2 heteroatoms. The molecule has 0 saturated heterocycles. The van der Waals surface area contributed by atoms with Crippen LogP contribution in [-0.4, -0.2) is 12.9 Å². The van der Waals surface area contributed by atoms with Gasteiger partial charge < -0.3 is 4.74 Å². The molecule has 2 rings (SSSR count). The molecular formula is C21H28OS. The number of hydrogen-bond donors (Lipinski definition) is 0. The Morgan fingerprint density at radius 3 is 2.22 bits per heavy atom. The zero-order chi connectivity index (χ0) is 17.0. The topological polar surface area (TPSA) is 9.23 Å². The van der Waals surface area contributed by atoms with E-state index in [2.05, 4.69) is 65.0 Å². The van der Waals surface area contributed by atoms with E-state index in [4.69, 9.17) is 4.74 Å². The third-order valence-corrected chi connectivity index (χ3v) is 5.14. The van der Waals surface area contributed by atoms with Gasteiger partial charge in [0.05, 0.1) is 7.11 Å². The Kier molecular flexibility index (Phi) is 6.17. The molecule has 0 aliphatic rings. The normalized spacial score (nSPS) is 11.1. The molecule has 0 N–H and O–H groups in total. The summed E-state index contributed by atoms with van der Waals surface area (Å²) in [6, 6.07) is 11.2. The predicted molar refractivity (Wildman–Crippen MR) is 102 cm³/mol. The van der Waals surface area contributed by atoms with Gasteiger partial charge in [-0.3, -0.25) is 0 Å². The second-order valence-electron chi connectivity index (χ2n) is 6.38. The maximum absolute atomic E-state index is 5.50. The Hall–Kier alpha value is -1.41. The molecule has 0 aromatic heterocycles. The minimum Gasteiger partial charge on any atom is -0.496 e. The van der Waals surface area contributed by atoms with E-state index < -0.39 is 0 Å². The molecule has 0 bridgehead atoms. The Bertz CT molecular complexity index is 651. The summed E-state index contributed by atoms with van der Waals surface area (Å²) in [7, 11) is 1.75. The fraction of sp³-hybridized carbons (Fsp3) is 0.429. The second kappa shape index (κ2) is 7.92. The van der Waals surface area contributed by atoms with Crippen LogP contribution in [0.2, 0.25) is 0 Å². The van der Waals surface area contributed by atoms with E-state index in [-0.39, 0.29) is 0 Å². The van der Waals surface area contributed by atoms with Crippen LogP contribution < -0.4 is 4.74 Å². The monoisotopic (exact) mass is 328 g/mol. The van der Waals surface area contributed by atoms with E-state index in [9.17, 15) is 0 Å². The first kappa shape index (κ1) is 17.9. The first-order valence-corrected chi connectivity index (χ1v) is 9.34. The summed E-state index contributed by atoms with van der Waals surface area (Å²) in [6.07, 6.45) is 0.985. The van der Waals surface area contributed by atoms with Crippen molar-refractivity contribution in [1.29, 1.82) is 0 Å². The molecule has 124 valence electrons. The van der Waals surface area contributed by atoms with Crippen molar-refractivity contribution in [2.45, 2.75) is 51.9 Å². The molecule has 0 atom stereocenters. The summed E-state index contributed by atoms with van der Waals surface area (Å²) in [5, 5.41) is 0. The zero-order valence-corrected chi connectivity index (χ0v) is 16.0. The van der Waals surface area contributed by atoms with Gasteiger partial charge in [0.2, 0.25) is 0 Å². The van der Waals surface area contributed by atoms with Crippen molar-refractivity contribution >= 4 is 11.8 Å². The van der Waals surface area contributed by atoms with Crippen LogP contribution in [-0.2, 0) is 6.42 Å². The predicted octanol–water partition coefficient (Wildman–Crippen LogP) is 6.14. The summed E-state index contributed by atoms with van der Waals surface area (Å²) in [5.41, 5.74) is 6.88. The van der Waals surface area contributed by atoms with E-state index in [1.54, 1.807) is 7.11 Å². The third kappa shape index (κ3) is 4.32. The van der Waals surface area contributed by atoms with E-state index in [1.807, 2.05) is 11.8 Å². The molecule has 1 nitrogen and oxygen atoms in total. The summed E-state index contributed by atoms with van der Waals surface area (Å²) >= 11 is 1.91. The van der Waals surface area contributed by atoms with E-state index in [0.717, 1.165) is 17.9 Å². The van der Waals surface area contributed by atoms with Crippen LogP contribution in [0.25, 0.3) is 0 Å². The highest BCUT2D eigenvalue weighted by Crippen LogP contribution is 2.30. The number of thioether (sulfide) groups is 1. The van der Waals surface area contributed by atoms with Gasteiger partial charge in [0.1, 0.15) is 5.75 Å². The van der Waals surface area contributed by atoms with Gasteiger partial charge in [0, 0.05) is 4.90 Å². The Labute approximate surface area is 145 Å². The average molecular weight is 329 g/mol. The van der Waals surface area contributed by atoms with Crippen molar-refractivity contribution in [2.75, 3.05) is 12.9 Å². The smallest absolute Gasteiger partial charge is 0.122 e. The number of ether oxygens (including phenoxy) is 1. The van der Waals surface area contributed by atoms with Gasteiger partial charge >= 0.3 is 0 Å². The molecule has 0 heterocycles. The fourth-order valence-electron chi connectivity index (χ4n) is 3.03. The Morgan fingerprint density at radius 1 is 1.04 bits per heavy atom. The lowest BCUT2D eigenvalue weighted by Crippen LogP contribution is -2.00. The zero-order valence-electron chi connectivity index (χ0n) is 15.2. The Morgan fingerprint density at radius 2 is 1.70 bits per heavy atom. The van der Waals surface area contributed by atoms with Crippen molar-refractivity contribution in [3.63, 3.8) is 0 Å². The first-order valence-electron chi connectivity index (χ1n) is 8.36. The highest BCUT2D eigenvalue weighted by molar-refractivity contribution is 7.99. The van der Waals surface area contributed by atoms with Crippen molar-refractivity contribution in [3.8, 4) is 5.75 Å². The van der Waals surface area contributed by atoms with Crippen molar-refractivity contribution in [1.82, 2.24) is 0 Å². The van der Waals surface area contributed by atoms with Crippen LogP contribution in [0.15, 0.2) is 35.2 Å². The maximum Gasteiger partial charge on any atom is 0.122 e. The molecule has 0 radical (unpaired) electrons. The number of aryl methyl sites for hydroxylation is 2. The Balaban J connectivity index is 2.34. The van der Waals surface area contributed by atoms with Gasteiger partial charge in [-0.25, -0.2) is 0 Å². The standard InChI is InChI=1S/C21H28OS/c1-7-23-18-10-15(4)20(16(5)11-18)13-17-8-9-21(22-6)19(12-17)14(2)3/h8-12,14H,7,13H2,1-6H3. The lowest BCUT2D eigenvalue weighted by molar-refractivity contribution is 0.407. The molecule has 2 aromatic carbocycles. The minimum absolute atomic E-state index is 0.468. The van der Waals surface area contributed by atoms with Crippen LogP contribution >= 0.6 is 11.8 Å². The van der Waals surface area contributed by atoms with Crippen molar-refractivity contribution in [2.24, 2.45) is 0 Å². The van der Waals surface area contributed by atoms with Gasteiger partial charge in [-0.05, 0) is 78.0 Å². The second-order valence-corrected chi connectivity index (χ2v) is 7.71. The van der Waals surface area contributed by atoms with Gasteiger partial charge in [0.25, 0.3) is 0 Å². The van der Waals surface area contributed by atoms with Gasteiger partial charge in [-0.15, -0.1) is 11.8 Å². The summed E-state index contributed by atoms with van der Waals surface area (Å²) in [5.74, 6) is 2.58.